The van der Waals surface area contributed by atoms with Crippen molar-refractivity contribution in [1.82, 2.24) is 0 Å². The molecule has 0 spiro atoms. The van der Waals surface area contributed by atoms with Gasteiger partial charge in [-0.2, -0.15) is 0 Å². The zero-order valence-corrected chi connectivity index (χ0v) is 5.28. The highest BCUT2D eigenvalue weighted by molar-refractivity contribution is 8.25. The third-order valence-corrected chi connectivity index (χ3v) is 1.61. The molecule has 0 aromatic heterocycles. The summed E-state index contributed by atoms with van der Waals surface area (Å²) in [4.78, 5) is 4.04. The molecule has 0 atom stereocenters. The van der Waals surface area contributed by atoms with Crippen LogP contribution in [0.2, 0.25) is 0 Å². The Morgan fingerprint density at radius 1 is 2.00 bits per heavy atom. The van der Waals surface area contributed by atoms with Crippen LogP contribution in [0, 0.1) is 0 Å². The van der Waals surface area contributed by atoms with Gasteiger partial charge in [-0.15, -0.1) is 12.6 Å². The first-order valence-electron chi connectivity index (χ1n) is 1.03. The number of hydrogen-bond donors (Lipinski definition) is 2. The number of rotatable bonds is 0. The molecule has 0 aliphatic heterocycles. The van der Waals surface area contributed by atoms with Crippen molar-refractivity contribution in [2.75, 3.05) is 0 Å². The van der Waals surface area contributed by atoms with E-state index in [1.165, 1.54) is 0 Å². The van der Waals surface area contributed by atoms with E-state index < -0.39 is 0 Å². The number of thiol groups is 1. The third kappa shape index (κ3) is 2.80. The van der Waals surface area contributed by atoms with Gasteiger partial charge in [-0.1, -0.05) is 0 Å². The Morgan fingerprint density at radius 2 is 2.50 bits per heavy atom. The van der Waals surface area contributed by atoms with Crippen molar-refractivity contribution in [2.45, 2.75) is 0 Å². The van der Waals surface area contributed by atoms with E-state index in [9.17, 15) is 0 Å². The van der Waals surface area contributed by atoms with Gasteiger partial charge in [-0.3, -0.25) is 0 Å². The second-order valence-corrected chi connectivity index (χ2v) is 2.21. The molecule has 0 fully saturated rings. The van der Waals surface area contributed by atoms with E-state index in [0.717, 1.165) is 9.91 Å². The van der Waals surface area contributed by atoms with E-state index in [1.54, 1.807) is 0 Å². The van der Waals surface area contributed by atoms with Crippen LogP contribution in [0.15, 0.2) is 0 Å². The third-order valence-electron chi connectivity index (χ3n) is 0.172. The molecule has 0 saturated carbocycles. The van der Waals surface area contributed by atoms with Gasteiger partial charge >= 0.3 is 0 Å². The lowest BCUT2D eigenvalue weighted by Gasteiger charge is -1.80. The summed E-state index contributed by atoms with van der Waals surface area (Å²) in [5, 5.41) is 0. The maximum atomic E-state index is 4.58. The highest BCUT2D eigenvalue weighted by Crippen LogP contribution is 1.72. The summed E-state index contributed by atoms with van der Waals surface area (Å²) in [6.07, 6.45) is 0. The minimum absolute atomic E-state index is 0.296. The second kappa shape index (κ2) is 3.76. The minimum atomic E-state index is 0.296. The molecule has 2 nitrogen and oxygen atoms in total. The summed E-state index contributed by atoms with van der Waals surface area (Å²) in [6, 6.07) is 0. The predicted molar refractivity (Wildman–Crippen MR) is 34.0 cm³/mol. The molecule has 36 valence electrons. The standard InChI is InChI=1S/CH3NOS3/c2-3-1(4)6-5/h4H,2H2. The maximum Gasteiger partial charge on any atom is 0.192 e. The highest BCUT2D eigenvalue weighted by Gasteiger charge is 1.75. The first-order chi connectivity index (χ1) is 2.81. The fourth-order valence-electron chi connectivity index (χ4n) is 0.0196. The van der Waals surface area contributed by atoms with Crippen LogP contribution in [-0.4, -0.2) is 4.38 Å². The fourth-order valence-corrected chi connectivity index (χ4v) is 0.177. The van der Waals surface area contributed by atoms with E-state index in [1.807, 2.05) is 0 Å². The second-order valence-electron chi connectivity index (χ2n) is 0.467. The Kier molecular flexibility index (Phi) is 4.12. The maximum absolute atomic E-state index is 4.58. The topological polar surface area (TPSA) is 35.2 Å². The van der Waals surface area contributed by atoms with Crippen LogP contribution in [0.1, 0.15) is 0 Å². The summed E-state index contributed by atoms with van der Waals surface area (Å²) in [5.41, 5.74) is 0. The molecule has 0 radical (unpaired) electrons. The molecule has 5 heteroatoms. The van der Waals surface area contributed by atoms with Crippen LogP contribution in [0.4, 0.5) is 0 Å². The molecule has 2 N–H and O–H groups in total. The van der Waals surface area contributed by atoms with Gasteiger partial charge in [0.1, 0.15) is 0 Å². The number of nitrogens with two attached hydrogens (primary N) is 1. The Hall–Kier alpha value is 0.580. The zero-order chi connectivity index (χ0) is 4.99. The van der Waals surface area contributed by atoms with Gasteiger partial charge in [-0.05, 0) is 21.1 Å². The Bertz CT molecular complexity index is 84.8. The quantitative estimate of drug-likeness (QED) is 0.270. The SMILES string of the molecule is NOC(S)=S=S. The molecule has 0 saturated heterocycles. The lowest BCUT2D eigenvalue weighted by molar-refractivity contribution is 0.340. The van der Waals surface area contributed by atoms with Crippen molar-refractivity contribution in [3.63, 3.8) is 0 Å². The normalized spacial score (nSPS) is 7.67. The van der Waals surface area contributed by atoms with Crippen molar-refractivity contribution in [1.29, 1.82) is 0 Å². The lowest BCUT2D eigenvalue weighted by atomic mass is 11.7. The van der Waals surface area contributed by atoms with Crippen LogP contribution in [0.25, 0.3) is 0 Å². The fraction of sp³-hybridized carbons (Fsp3) is 0. The highest BCUT2D eigenvalue weighted by atomic mass is 32.8. The van der Waals surface area contributed by atoms with E-state index >= 15 is 0 Å². The van der Waals surface area contributed by atoms with Crippen LogP contribution < -0.4 is 5.90 Å². The molecular formula is CH3NOS3. The zero-order valence-electron chi connectivity index (χ0n) is 2.75. The van der Waals surface area contributed by atoms with Crippen molar-refractivity contribution in [3.05, 3.63) is 0 Å². The average molecular weight is 141 g/mol. The lowest BCUT2D eigenvalue weighted by Crippen LogP contribution is -2.01. The van der Waals surface area contributed by atoms with E-state index in [0.29, 0.717) is 4.38 Å². The molecule has 0 aliphatic carbocycles. The molecule has 0 unspecified atom stereocenters. The van der Waals surface area contributed by atoms with E-state index in [-0.39, 0.29) is 0 Å². The molecule has 0 heterocycles. The summed E-state index contributed by atoms with van der Waals surface area (Å²) in [6.45, 7) is 0. The van der Waals surface area contributed by atoms with Crippen molar-refractivity contribution in [2.24, 2.45) is 5.90 Å². The monoisotopic (exact) mass is 141 g/mol. The minimum Gasteiger partial charge on any atom is -0.249 e. The summed E-state index contributed by atoms with van der Waals surface area (Å²) < 4.78 is 0.296. The molecule has 0 rings (SSSR count). The molecule has 6 heavy (non-hydrogen) atoms. The molecule has 0 aliphatic rings. The smallest absolute Gasteiger partial charge is 0.192 e. The van der Waals surface area contributed by atoms with Gasteiger partial charge in [0, 0.05) is 0 Å². The summed E-state index contributed by atoms with van der Waals surface area (Å²) in [5.74, 6) is 4.58. The van der Waals surface area contributed by atoms with Crippen molar-refractivity contribution < 1.29 is 4.84 Å². The molecule has 0 aromatic carbocycles. The van der Waals surface area contributed by atoms with Gasteiger partial charge in [0.25, 0.3) is 0 Å². The van der Waals surface area contributed by atoms with Crippen LogP contribution in [0.3, 0.4) is 0 Å². The van der Waals surface area contributed by atoms with Gasteiger partial charge in [0.05, 0.1) is 0 Å². The largest absolute Gasteiger partial charge is 0.249 e. The molecule has 0 bridgehead atoms. The molecule has 0 amide bonds. The predicted octanol–water partition coefficient (Wildman–Crippen LogP) is -0.562. The summed E-state index contributed by atoms with van der Waals surface area (Å²) in [7, 11) is 0.942. The van der Waals surface area contributed by atoms with Gasteiger partial charge in [0.2, 0.25) is 0 Å². The van der Waals surface area contributed by atoms with Crippen LogP contribution in [-0.2, 0) is 25.9 Å². The van der Waals surface area contributed by atoms with E-state index in [2.05, 4.69) is 34.6 Å². The Labute approximate surface area is 49.2 Å². The van der Waals surface area contributed by atoms with Crippen molar-refractivity contribution in [3.8, 4) is 0 Å². The van der Waals surface area contributed by atoms with Gasteiger partial charge in [-0.25, -0.2) is 10.7 Å². The van der Waals surface area contributed by atoms with Gasteiger partial charge in [0.15, 0.2) is 4.38 Å². The Balaban J connectivity index is 3.52. The first-order valence-corrected chi connectivity index (χ1v) is 3.22. The van der Waals surface area contributed by atoms with Gasteiger partial charge < -0.3 is 0 Å². The molecular weight excluding hydrogens is 138 g/mol. The average Bonchev–Trinajstić information content (AvgIpc) is 1.65. The number of hydrogen-bond acceptors (Lipinski definition) is 3. The molecule has 0 aromatic rings. The van der Waals surface area contributed by atoms with Crippen molar-refractivity contribution >= 4 is 38.1 Å². The van der Waals surface area contributed by atoms with Crippen LogP contribution >= 0.6 is 12.6 Å². The van der Waals surface area contributed by atoms with Crippen LogP contribution in [0.5, 0.6) is 0 Å². The Morgan fingerprint density at radius 3 is 2.50 bits per heavy atom. The summed E-state index contributed by atoms with van der Waals surface area (Å²) >= 11 is 8.03. The first kappa shape index (κ1) is 6.58. The van der Waals surface area contributed by atoms with E-state index in [4.69, 9.17) is 0 Å².